The second-order valence-corrected chi connectivity index (χ2v) is 3.47. The van der Waals surface area contributed by atoms with Gasteiger partial charge in [0.15, 0.2) is 6.23 Å². The Balaban J connectivity index is 2.39. The minimum Gasteiger partial charge on any atom is -0.394 e. The summed E-state index contributed by atoms with van der Waals surface area (Å²) in [7, 11) is 0. The van der Waals surface area contributed by atoms with Crippen molar-refractivity contribution in [2.45, 2.75) is 24.5 Å². The number of aliphatic hydroxyl groups is 3. The highest BCUT2D eigenvalue weighted by molar-refractivity contribution is 6.34. The number of carbonyl (C=O) groups excluding carboxylic acids is 2. The zero-order valence-electron chi connectivity index (χ0n) is 9.18. The van der Waals surface area contributed by atoms with E-state index in [1.807, 2.05) is 5.43 Å². The molecule has 1 aliphatic heterocycles. The van der Waals surface area contributed by atoms with Crippen molar-refractivity contribution in [3.8, 4) is 0 Å². The Bertz CT molecular complexity index is 348. The molecule has 0 bridgehead atoms. The third kappa shape index (κ3) is 3.37. The topological polar surface area (TPSA) is 166 Å². The highest BCUT2D eigenvalue weighted by Gasteiger charge is 2.41. The number of ether oxygens (including phenoxy) is 1. The van der Waals surface area contributed by atoms with E-state index in [0.717, 1.165) is 6.34 Å². The van der Waals surface area contributed by atoms with Crippen LogP contribution in [-0.4, -0.2) is 64.6 Å². The summed E-state index contributed by atoms with van der Waals surface area (Å²) >= 11 is 0. The molecule has 1 fully saturated rings. The monoisotopic (exact) mass is 262 g/mol. The molecular weight excluding hydrogens is 248 g/mol. The Hall–Kier alpha value is -1.75. The number of aliphatic imine (C=N–C) groups is 1. The highest BCUT2D eigenvalue weighted by atomic mass is 16.6. The van der Waals surface area contributed by atoms with Crippen LogP contribution in [0.25, 0.3) is 0 Å². The molecule has 18 heavy (non-hydrogen) atoms. The molecule has 7 N–H and O–H groups in total. The Labute approximate surface area is 101 Å². The number of nitrogens with one attached hydrogen (secondary N) is 2. The fourth-order valence-electron chi connectivity index (χ4n) is 1.27. The van der Waals surface area contributed by atoms with Crippen molar-refractivity contribution in [3.63, 3.8) is 0 Å². The van der Waals surface area contributed by atoms with Crippen LogP contribution in [0.1, 0.15) is 0 Å². The van der Waals surface area contributed by atoms with Crippen LogP contribution in [0.15, 0.2) is 4.99 Å². The standard InChI is InChI=1S/C8H14N4O6/c9-6(16)7(17)12-11-2-10-8-5(15)4(14)3(1-13)18-8/h2-5,8,13-15H,1H2,(H2,9,16)(H,10,11)(H,12,17)/t3-,4-,5-,8-/m1/s1. The van der Waals surface area contributed by atoms with Gasteiger partial charge in [0.25, 0.3) is 0 Å². The number of nitrogens with two attached hydrogens (primary N) is 1. The van der Waals surface area contributed by atoms with Gasteiger partial charge >= 0.3 is 11.8 Å². The van der Waals surface area contributed by atoms with E-state index < -0.39 is 43.0 Å². The zero-order valence-corrected chi connectivity index (χ0v) is 9.18. The molecule has 0 aromatic rings. The Morgan fingerprint density at radius 3 is 2.56 bits per heavy atom. The van der Waals surface area contributed by atoms with Gasteiger partial charge in [-0.15, -0.1) is 0 Å². The number of rotatable bonds is 4. The second kappa shape index (κ2) is 6.26. The number of amides is 2. The summed E-state index contributed by atoms with van der Waals surface area (Å²) in [5.74, 6) is -2.24. The van der Waals surface area contributed by atoms with Gasteiger partial charge in [-0.2, -0.15) is 0 Å². The Morgan fingerprint density at radius 2 is 2.06 bits per heavy atom. The van der Waals surface area contributed by atoms with Crippen LogP contribution in [-0.2, 0) is 14.3 Å². The van der Waals surface area contributed by atoms with E-state index in [1.165, 1.54) is 0 Å². The molecule has 0 saturated carbocycles. The van der Waals surface area contributed by atoms with Crippen LogP contribution < -0.4 is 16.6 Å². The SMILES string of the molecule is NC(=O)C(=O)NNC=N[C@@H]1O[C@H](CO)[C@@H](O)[C@H]1O. The molecule has 1 rings (SSSR count). The lowest BCUT2D eigenvalue weighted by molar-refractivity contribution is -0.137. The molecule has 0 aromatic carbocycles. The van der Waals surface area contributed by atoms with E-state index in [9.17, 15) is 19.8 Å². The summed E-state index contributed by atoms with van der Waals surface area (Å²) < 4.78 is 5.00. The molecule has 1 aliphatic rings. The van der Waals surface area contributed by atoms with Crippen molar-refractivity contribution in [1.82, 2.24) is 10.9 Å². The van der Waals surface area contributed by atoms with Crippen LogP contribution in [0, 0.1) is 0 Å². The minimum atomic E-state index is -1.30. The van der Waals surface area contributed by atoms with Gasteiger partial charge in [-0.3, -0.25) is 20.4 Å². The predicted molar refractivity (Wildman–Crippen MR) is 56.7 cm³/mol. The van der Waals surface area contributed by atoms with Gasteiger partial charge in [0.1, 0.15) is 24.7 Å². The van der Waals surface area contributed by atoms with Gasteiger partial charge in [-0.1, -0.05) is 0 Å². The van der Waals surface area contributed by atoms with Gasteiger partial charge < -0.3 is 25.8 Å². The number of aliphatic hydroxyl groups excluding tert-OH is 3. The molecular formula is C8H14N4O6. The smallest absolute Gasteiger partial charge is 0.327 e. The summed E-state index contributed by atoms with van der Waals surface area (Å²) in [6, 6.07) is 0. The molecule has 2 amide bonds. The second-order valence-electron chi connectivity index (χ2n) is 3.47. The average Bonchev–Trinajstić information content (AvgIpc) is 2.61. The molecule has 4 atom stereocenters. The first kappa shape index (κ1) is 14.3. The van der Waals surface area contributed by atoms with E-state index in [4.69, 9.17) is 9.84 Å². The van der Waals surface area contributed by atoms with Gasteiger partial charge in [0.05, 0.1) is 6.61 Å². The van der Waals surface area contributed by atoms with Crippen LogP contribution >= 0.6 is 0 Å². The lowest BCUT2D eigenvalue weighted by Crippen LogP contribution is -2.44. The molecule has 0 radical (unpaired) electrons. The zero-order chi connectivity index (χ0) is 13.7. The third-order valence-electron chi connectivity index (χ3n) is 2.21. The summed E-state index contributed by atoms with van der Waals surface area (Å²) in [5, 5.41) is 27.7. The maximum absolute atomic E-state index is 10.7. The minimum absolute atomic E-state index is 0.462. The molecule has 1 saturated heterocycles. The van der Waals surface area contributed by atoms with Crippen molar-refractivity contribution in [3.05, 3.63) is 0 Å². The van der Waals surface area contributed by atoms with Crippen LogP contribution in [0.2, 0.25) is 0 Å². The van der Waals surface area contributed by atoms with Crippen molar-refractivity contribution in [2.75, 3.05) is 6.61 Å². The number of hydrogen-bond donors (Lipinski definition) is 6. The first-order chi connectivity index (χ1) is 8.47. The Morgan fingerprint density at radius 1 is 1.39 bits per heavy atom. The summed E-state index contributed by atoms with van der Waals surface area (Å²) in [4.78, 5) is 24.7. The van der Waals surface area contributed by atoms with Crippen LogP contribution in [0.3, 0.4) is 0 Å². The van der Waals surface area contributed by atoms with E-state index in [1.54, 1.807) is 0 Å². The van der Waals surface area contributed by atoms with Crippen LogP contribution in [0.5, 0.6) is 0 Å². The maximum atomic E-state index is 10.7. The molecule has 102 valence electrons. The van der Waals surface area contributed by atoms with Crippen molar-refractivity contribution >= 4 is 18.2 Å². The largest absolute Gasteiger partial charge is 0.394 e. The summed E-state index contributed by atoms with van der Waals surface area (Å²) in [6.07, 6.45) is -3.62. The van der Waals surface area contributed by atoms with Gasteiger partial charge in [-0.25, -0.2) is 4.99 Å². The van der Waals surface area contributed by atoms with E-state index in [-0.39, 0.29) is 0 Å². The number of carbonyl (C=O) groups is 2. The van der Waals surface area contributed by atoms with E-state index in [0.29, 0.717) is 0 Å². The molecule has 10 heteroatoms. The summed E-state index contributed by atoms with van der Waals surface area (Å²) in [5.41, 5.74) is 8.69. The van der Waals surface area contributed by atoms with E-state index in [2.05, 4.69) is 16.2 Å². The average molecular weight is 262 g/mol. The van der Waals surface area contributed by atoms with Crippen LogP contribution in [0.4, 0.5) is 0 Å². The lowest BCUT2D eigenvalue weighted by atomic mass is 10.1. The van der Waals surface area contributed by atoms with Crippen molar-refractivity contribution in [2.24, 2.45) is 10.7 Å². The molecule has 0 aliphatic carbocycles. The fourth-order valence-corrected chi connectivity index (χ4v) is 1.27. The number of hydrogen-bond acceptors (Lipinski definition) is 7. The first-order valence-electron chi connectivity index (χ1n) is 4.96. The van der Waals surface area contributed by atoms with Crippen molar-refractivity contribution in [1.29, 1.82) is 0 Å². The normalized spacial score (nSPS) is 31.5. The molecule has 1 heterocycles. The predicted octanol–water partition coefficient (Wildman–Crippen LogP) is -4.44. The third-order valence-corrected chi connectivity index (χ3v) is 2.21. The molecule has 0 aromatic heterocycles. The van der Waals surface area contributed by atoms with Gasteiger partial charge in [0, 0.05) is 0 Å². The van der Waals surface area contributed by atoms with E-state index >= 15 is 0 Å². The molecule has 0 unspecified atom stereocenters. The quantitative estimate of drug-likeness (QED) is 0.129. The number of hydrazine groups is 1. The maximum Gasteiger partial charge on any atom is 0.327 e. The summed E-state index contributed by atoms with van der Waals surface area (Å²) in [6.45, 7) is -0.462. The molecule has 10 nitrogen and oxygen atoms in total. The fraction of sp³-hybridized carbons (Fsp3) is 0.625. The highest BCUT2D eigenvalue weighted by Crippen LogP contribution is 2.21. The van der Waals surface area contributed by atoms with Crippen molar-refractivity contribution < 1.29 is 29.6 Å². The molecule has 0 spiro atoms. The van der Waals surface area contributed by atoms with Gasteiger partial charge in [0.2, 0.25) is 0 Å². The number of nitrogens with zero attached hydrogens (tertiary/aromatic N) is 1. The number of primary amides is 1. The van der Waals surface area contributed by atoms with Gasteiger partial charge in [-0.05, 0) is 0 Å². The Kier molecular flexibility index (Phi) is 4.97. The first-order valence-corrected chi connectivity index (χ1v) is 4.96. The lowest BCUT2D eigenvalue weighted by Gasteiger charge is -2.10.